The van der Waals surface area contributed by atoms with Gasteiger partial charge in [0.25, 0.3) is 5.91 Å². The van der Waals surface area contributed by atoms with Crippen LogP contribution in [0.2, 0.25) is 0 Å². The van der Waals surface area contributed by atoms with Crippen molar-refractivity contribution in [2.45, 2.75) is 18.9 Å². The van der Waals surface area contributed by atoms with Crippen LogP contribution in [-0.4, -0.2) is 22.3 Å². The van der Waals surface area contributed by atoms with E-state index in [9.17, 15) is 9.59 Å². The molecule has 0 saturated carbocycles. The van der Waals surface area contributed by atoms with E-state index in [1.165, 1.54) is 17.8 Å². The first kappa shape index (κ1) is 12.7. The molecule has 1 aliphatic rings. The summed E-state index contributed by atoms with van der Waals surface area (Å²) in [5.41, 5.74) is 1.51. The molecule has 1 amide bonds. The highest BCUT2D eigenvalue weighted by Crippen LogP contribution is 2.32. The summed E-state index contributed by atoms with van der Waals surface area (Å²) in [7, 11) is 0. The maximum atomic E-state index is 12.5. The fraction of sp³-hybridized carbons (Fsp3) is 0.250. The van der Waals surface area contributed by atoms with E-state index in [0.717, 1.165) is 19.4 Å². The van der Waals surface area contributed by atoms with E-state index in [1.807, 2.05) is 23.1 Å². The molecule has 1 atom stereocenters. The highest BCUT2D eigenvalue weighted by atomic mass is 16.2. The van der Waals surface area contributed by atoms with Gasteiger partial charge in [-0.2, -0.15) is 0 Å². The summed E-state index contributed by atoms with van der Waals surface area (Å²) in [6, 6.07) is 13.2. The number of nitrogens with zero attached hydrogens (tertiary/aromatic N) is 1. The van der Waals surface area contributed by atoms with Crippen molar-refractivity contribution in [1.82, 2.24) is 9.88 Å². The van der Waals surface area contributed by atoms with Crippen molar-refractivity contribution >= 4 is 5.91 Å². The Morgan fingerprint density at radius 1 is 1.15 bits per heavy atom. The Hall–Kier alpha value is -2.36. The zero-order valence-electron chi connectivity index (χ0n) is 11.1. The van der Waals surface area contributed by atoms with Crippen LogP contribution in [0, 0.1) is 0 Å². The lowest BCUT2D eigenvalue weighted by Gasteiger charge is -2.25. The molecular weight excluding hydrogens is 252 g/mol. The molecular formula is C16H16N2O2. The number of hydrogen-bond acceptors (Lipinski definition) is 2. The maximum absolute atomic E-state index is 12.5. The molecule has 0 radical (unpaired) electrons. The molecule has 2 heterocycles. The van der Waals surface area contributed by atoms with Crippen molar-refractivity contribution in [3.8, 4) is 0 Å². The highest BCUT2D eigenvalue weighted by Gasteiger charge is 2.30. The van der Waals surface area contributed by atoms with Gasteiger partial charge < -0.3 is 9.88 Å². The fourth-order valence-electron chi connectivity index (χ4n) is 2.74. The fourth-order valence-corrected chi connectivity index (χ4v) is 2.74. The van der Waals surface area contributed by atoms with Gasteiger partial charge in [-0.1, -0.05) is 30.3 Å². The van der Waals surface area contributed by atoms with Gasteiger partial charge in [0.15, 0.2) is 0 Å². The minimum absolute atomic E-state index is 0.0207. The zero-order chi connectivity index (χ0) is 13.9. The Kier molecular flexibility index (Phi) is 3.37. The first-order chi connectivity index (χ1) is 9.75. The standard InChI is InChI=1S/C16H16N2O2/c19-15-9-8-13(11-17-15)16(20)18-10-4-7-14(18)12-5-2-1-3-6-12/h1-3,5-6,8-9,11,14H,4,7,10H2,(H,17,19). The molecule has 1 aromatic carbocycles. The number of rotatable bonds is 2. The Morgan fingerprint density at radius 2 is 1.95 bits per heavy atom. The summed E-state index contributed by atoms with van der Waals surface area (Å²) in [5, 5.41) is 0. The number of pyridine rings is 1. The summed E-state index contributed by atoms with van der Waals surface area (Å²) in [4.78, 5) is 28.1. The van der Waals surface area contributed by atoms with E-state index in [0.29, 0.717) is 5.56 Å². The molecule has 1 saturated heterocycles. The number of carbonyl (C=O) groups is 1. The smallest absolute Gasteiger partial charge is 0.255 e. The number of aromatic nitrogens is 1. The van der Waals surface area contributed by atoms with Crippen molar-refractivity contribution in [2.75, 3.05) is 6.54 Å². The second-order valence-electron chi connectivity index (χ2n) is 5.01. The summed E-state index contributed by atoms with van der Waals surface area (Å²) in [6.07, 6.45) is 3.48. The van der Waals surface area contributed by atoms with Crippen LogP contribution in [0.4, 0.5) is 0 Å². The number of benzene rings is 1. The number of carbonyl (C=O) groups excluding carboxylic acids is 1. The molecule has 1 unspecified atom stereocenters. The first-order valence-corrected chi connectivity index (χ1v) is 6.80. The number of aromatic amines is 1. The van der Waals surface area contributed by atoms with Gasteiger partial charge in [-0.3, -0.25) is 9.59 Å². The molecule has 2 aromatic rings. The number of hydrogen-bond donors (Lipinski definition) is 1. The molecule has 1 fully saturated rings. The third kappa shape index (κ3) is 2.37. The van der Waals surface area contributed by atoms with Crippen molar-refractivity contribution < 1.29 is 4.79 Å². The molecule has 1 aromatic heterocycles. The number of amides is 1. The van der Waals surface area contributed by atoms with Crippen LogP contribution < -0.4 is 5.56 Å². The van der Waals surface area contributed by atoms with Crippen LogP contribution in [0.5, 0.6) is 0 Å². The molecule has 1 aliphatic heterocycles. The van der Waals surface area contributed by atoms with Crippen LogP contribution in [0.1, 0.15) is 34.8 Å². The normalized spacial score (nSPS) is 18.2. The van der Waals surface area contributed by atoms with Gasteiger partial charge in [0, 0.05) is 18.8 Å². The molecule has 3 rings (SSSR count). The van der Waals surface area contributed by atoms with Crippen LogP contribution in [-0.2, 0) is 0 Å². The van der Waals surface area contributed by atoms with Gasteiger partial charge in [0.1, 0.15) is 0 Å². The molecule has 0 spiro atoms. The lowest BCUT2D eigenvalue weighted by molar-refractivity contribution is 0.0735. The minimum Gasteiger partial charge on any atom is -0.332 e. The molecule has 1 N–H and O–H groups in total. The Morgan fingerprint density at radius 3 is 2.65 bits per heavy atom. The average Bonchev–Trinajstić information content (AvgIpc) is 2.97. The molecule has 20 heavy (non-hydrogen) atoms. The quantitative estimate of drug-likeness (QED) is 0.909. The lowest BCUT2D eigenvalue weighted by Crippen LogP contribution is -2.31. The third-order valence-corrected chi connectivity index (χ3v) is 3.73. The van der Waals surface area contributed by atoms with E-state index in [1.54, 1.807) is 6.07 Å². The molecule has 0 aliphatic carbocycles. The second kappa shape index (κ2) is 5.33. The molecule has 0 bridgehead atoms. The third-order valence-electron chi connectivity index (χ3n) is 3.73. The first-order valence-electron chi connectivity index (χ1n) is 6.80. The monoisotopic (exact) mass is 268 g/mol. The van der Waals surface area contributed by atoms with Crippen molar-refractivity contribution in [3.05, 3.63) is 70.1 Å². The van der Waals surface area contributed by atoms with Crippen LogP contribution in [0.3, 0.4) is 0 Å². The maximum Gasteiger partial charge on any atom is 0.255 e. The van der Waals surface area contributed by atoms with Crippen molar-refractivity contribution in [3.63, 3.8) is 0 Å². The summed E-state index contributed by atoms with van der Waals surface area (Å²) >= 11 is 0. The Bertz CT molecular complexity index is 643. The van der Waals surface area contributed by atoms with E-state index < -0.39 is 0 Å². The van der Waals surface area contributed by atoms with Crippen molar-refractivity contribution in [1.29, 1.82) is 0 Å². The summed E-state index contributed by atoms with van der Waals surface area (Å²) in [6.45, 7) is 0.761. The predicted molar refractivity (Wildman–Crippen MR) is 76.5 cm³/mol. The van der Waals surface area contributed by atoms with Gasteiger partial charge in [0.2, 0.25) is 5.56 Å². The zero-order valence-corrected chi connectivity index (χ0v) is 11.1. The Balaban J connectivity index is 1.87. The van der Waals surface area contributed by atoms with Gasteiger partial charge in [0.05, 0.1) is 11.6 Å². The Labute approximate surface area is 117 Å². The van der Waals surface area contributed by atoms with E-state index in [4.69, 9.17) is 0 Å². The van der Waals surface area contributed by atoms with E-state index in [2.05, 4.69) is 17.1 Å². The average molecular weight is 268 g/mol. The predicted octanol–water partition coefficient (Wildman–Crippen LogP) is 2.35. The summed E-state index contributed by atoms with van der Waals surface area (Å²) in [5.74, 6) is -0.0207. The highest BCUT2D eigenvalue weighted by molar-refractivity contribution is 5.94. The molecule has 4 heteroatoms. The van der Waals surface area contributed by atoms with Gasteiger partial charge in [-0.25, -0.2) is 0 Å². The number of H-pyrrole nitrogens is 1. The van der Waals surface area contributed by atoms with Crippen LogP contribution in [0.15, 0.2) is 53.5 Å². The van der Waals surface area contributed by atoms with Crippen molar-refractivity contribution in [2.24, 2.45) is 0 Å². The van der Waals surface area contributed by atoms with Crippen LogP contribution in [0.25, 0.3) is 0 Å². The molecule has 4 nitrogen and oxygen atoms in total. The van der Waals surface area contributed by atoms with Gasteiger partial charge in [-0.15, -0.1) is 0 Å². The van der Waals surface area contributed by atoms with Crippen LogP contribution >= 0.6 is 0 Å². The number of nitrogens with one attached hydrogen (secondary N) is 1. The summed E-state index contributed by atoms with van der Waals surface area (Å²) < 4.78 is 0. The topological polar surface area (TPSA) is 53.2 Å². The largest absolute Gasteiger partial charge is 0.332 e. The van der Waals surface area contributed by atoms with Gasteiger partial charge >= 0.3 is 0 Å². The second-order valence-corrected chi connectivity index (χ2v) is 5.01. The minimum atomic E-state index is -0.192. The SMILES string of the molecule is O=C(c1ccc(=O)[nH]c1)N1CCCC1c1ccccc1. The lowest BCUT2D eigenvalue weighted by atomic mass is 10.0. The van der Waals surface area contributed by atoms with E-state index in [-0.39, 0.29) is 17.5 Å². The van der Waals surface area contributed by atoms with E-state index >= 15 is 0 Å². The van der Waals surface area contributed by atoms with Gasteiger partial charge in [-0.05, 0) is 24.5 Å². The molecule has 102 valence electrons. The number of likely N-dealkylation sites (tertiary alicyclic amines) is 1.